The van der Waals surface area contributed by atoms with Gasteiger partial charge in [0.25, 0.3) is 5.69 Å². The second-order valence-electron chi connectivity index (χ2n) is 4.15. The van der Waals surface area contributed by atoms with Crippen molar-refractivity contribution in [2.75, 3.05) is 0 Å². The number of rotatable bonds is 4. The van der Waals surface area contributed by atoms with Gasteiger partial charge in [-0.25, -0.2) is 0 Å². The standard InChI is InChI=1S/C14H9BrClNO3/c15-11-5-10(6-12(8-11)17(19)20)14(18)7-9-3-1-2-4-13(9)16/h1-6,8H,7H2. The van der Waals surface area contributed by atoms with Gasteiger partial charge in [0.1, 0.15) is 0 Å². The second-order valence-corrected chi connectivity index (χ2v) is 5.47. The zero-order valence-electron chi connectivity index (χ0n) is 10.2. The van der Waals surface area contributed by atoms with Crippen molar-refractivity contribution in [3.63, 3.8) is 0 Å². The Kier molecular flexibility index (Phi) is 4.52. The average molecular weight is 355 g/mol. The Morgan fingerprint density at radius 2 is 1.95 bits per heavy atom. The third-order valence-electron chi connectivity index (χ3n) is 2.72. The van der Waals surface area contributed by atoms with E-state index in [-0.39, 0.29) is 23.5 Å². The number of carbonyl (C=O) groups excluding carboxylic acids is 1. The van der Waals surface area contributed by atoms with Crippen LogP contribution in [0, 0.1) is 10.1 Å². The highest BCUT2D eigenvalue weighted by Crippen LogP contribution is 2.23. The number of benzene rings is 2. The number of hydrogen-bond donors (Lipinski definition) is 0. The quantitative estimate of drug-likeness (QED) is 0.463. The number of Topliss-reactive ketones (excluding diaryl/α,β-unsaturated/α-hetero) is 1. The average Bonchev–Trinajstić information content (AvgIpc) is 2.40. The summed E-state index contributed by atoms with van der Waals surface area (Å²) in [5, 5.41) is 11.3. The summed E-state index contributed by atoms with van der Waals surface area (Å²) in [5.74, 6) is -0.220. The maximum absolute atomic E-state index is 12.2. The summed E-state index contributed by atoms with van der Waals surface area (Å²) in [5.41, 5.74) is 0.856. The fourth-order valence-corrected chi connectivity index (χ4v) is 2.44. The topological polar surface area (TPSA) is 60.2 Å². The highest BCUT2D eigenvalue weighted by Gasteiger charge is 2.15. The van der Waals surface area contributed by atoms with Crippen LogP contribution in [-0.4, -0.2) is 10.7 Å². The molecule has 0 heterocycles. The first-order valence-electron chi connectivity index (χ1n) is 5.69. The first kappa shape index (κ1) is 14.7. The molecule has 0 aliphatic heterocycles. The van der Waals surface area contributed by atoms with Gasteiger partial charge in [0, 0.05) is 33.6 Å². The van der Waals surface area contributed by atoms with Crippen LogP contribution in [0.3, 0.4) is 0 Å². The maximum atomic E-state index is 12.2. The molecule has 0 N–H and O–H groups in total. The predicted molar refractivity (Wildman–Crippen MR) is 80.3 cm³/mol. The monoisotopic (exact) mass is 353 g/mol. The fourth-order valence-electron chi connectivity index (χ4n) is 1.76. The van der Waals surface area contributed by atoms with E-state index in [0.717, 1.165) is 0 Å². The first-order valence-corrected chi connectivity index (χ1v) is 6.86. The Bertz CT molecular complexity index is 688. The van der Waals surface area contributed by atoms with Gasteiger partial charge < -0.3 is 0 Å². The summed E-state index contributed by atoms with van der Waals surface area (Å²) in [6.45, 7) is 0. The summed E-state index contributed by atoms with van der Waals surface area (Å²) in [6.07, 6.45) is 0.104. The van der Waals surface area contributed by atoms with Crippen LogP contribution < -0.4 is 0 Å². The number of nitro benzene ring substituents is 1. The number of ketones is 1. The van der Waals surface area contributed by atoms with Crippen molar-refractivity contribution >= 4 is 39.0 Å². The molecule has 0 aliphatic rings. The van der Waals surface area contributed by atoms with Crippen LogP contribution in [0.5, 0.6) is 0 Å². The molecule has 0 radical (unpaired) electrons. The van der Waals surface area contributed by atoms with Crippen molar-refractivity contribution in [1.29, 1.82) is 0 Å². The molecule has 0 unspecified atom stereocenters. The van der Waals surface area contributed by atoms with E-state index < -0.39 is 4.92 Å². The molecule has 0 aromatic heterocycles. The van der Waals surface area contributed by atoms with Crippen molar-refractivity contribution in [3.8, 4) is 0 Å². The van der Waals surface area contributed by atoms with Crippen LogP contribution in [0.15, 0.2) is 46.9 Å². The second kappa shape index (κ2) is 6.15. The fraction of sp³-hybridized carbons (Fsp3) is 0.0714. The number of hydrogen-bond acceptors (Lipinski definition) is 3. The lowest BCUT2D eigenvalue weighted by molar-refractivity contribution is -0.385. The van der Waals surface area contributed by atoms with Crippen molar-refractivity contribution in [1.82, 2.24) is 0 Å². The van der Waals surface area contributed by atoms with E-state index in [2.05, 4.69) is 15.9 Å². The molecule has 6 heteroatoms. The van der Waals surface area contributed by atoms with Gasteiger partial charge in [0.2, 0.25) is 0 Å². The van der Waals surface area contributed by atoms with E-state index in [0.29, 0.717) is 15.1 Å². The Balaban J connectivity index is 2.30. The molecule has 0 fully saturated rings. The van der Waals surface area contributed by atoms with Gasteiger partial charge in [-0.3, -0.25) is 14.9 Å². The Hall–Kier alpha value is -1.72. The van der Waals surface area contributed by atoms with Gasteiger partial charge >= 0.3 is 0 Å². The van der Waals surface area contributed by atoms with Gasteiger partial charge in [0.15, 0.2) is 5.78 Å². The van der Waals surface area contributed by atoms with Crippen molar-refractivity contribution in [3.05, 3.63) is 73.2 Å². The minimum Gasteiger partial charge on any atom is -0.294 e. The lowest BCUT2D eigenvalue weighted by Gasteiger charge is -2.04. The number of nitro groups is 1. The largest absolute Gasteiger partial charge is 0.294 e. The molecule has 2 aromatic carbocycles. The minimum absolute atomic E-state index is 0.104. The minimum atomic E-state index is -0.531. The lowest BCUT2D eigenvalue weighted by atomic mass is 10.0. The van der Waals surface area contributed by atoms with Gasteiger partial charge in [-0.2, -0.15) is 0 Å². The van der Waals surface area contributed by atoms with E-state index >= 15 is 0 Å². The molecule has 0 saturated heterocycles. The molecular weight excluding hydrogens is 346 g/mol. The normalized spacial score (nSPS) is 10.3. The molecular formula is C14H9BrClNO3. The molecule has 0 atom stereocenters. The molecule has 0 saturated carbocycles. The van der Waals surface area contributed by atoms with Crippen molar-refractivity contribution < 1.29 is 9.72 Å². The molecule has 2 rings (SSSR count). The summed E-state index contributed by atoms with van der Waals surface area (Å²) in [4.78, 5) is 22.5. The van der Waals surface area contributed by atoms with Gasteiger partial charge in [-0.15, -0.1) is 0 Å². The van der Waals surface area contributed by atoms with Crippen LogP contribution >= 0.6 is 27.5 Å². The molecule has 2 aromatic rings. The van der Waals surface area contributed by atoms with Crippen LogP contribution in [0.2, 0.25) is 5.02 Å². The van der Waals surface area contributed by atoms with Crippen molar-refractivity contribution in [2.24, 2.45) is 0 Å². The lowest BCUT2D eigenvalue weighted by Crippen LogP contribution is -2.05. The van der Waals surface area contributed by atoms with E-state index in [9.17, 15) is 14.9 Å². The third kappa shape index (κ3) is 3.43. The van der Waals surface area contributed by atoms with E-state index in [4.69, 9.17) is 11.6 Å². The van der Waals surface area contributed by atoms with E-state index in [1.807, 2.05) is 0 Å². The van der Waals surface area contributed by atoms with Crippen LogP contribution in [0.4, 0.5) is 5.69 Å². The summed E-state index contributed by atoms with van der Waals surface area (Å²) >= 11 is 9.17. The number of carbonyl (C=O) groups is 1. The molecule has 20 heavy (non-hydrogen) atoms. The number of non-ortho nitro benzene ring substituents is 1. The molecule has 4 nitrogen and oxygen atoms in total. The Morgan fingerprint density at radius 3 is 2.60 bits per heavy atom. The van der Waals surface area contributed by atoms with Crippen molar-refractivity contribution in [2.45, 2.75) is 6.42 Å². The molecule has 0 aliphatic carbocycles. The zero-order chi connectivity index (χ0) is 14.7. The predicted octanol–water partition coefficient (Wildman–Crippen LogP) is 4.44. The third-order valence-corrected chi connectivity index (χ3v) is 3.55. The molecule has 0 spiro atoms. The maximum Gasteiger partial charge on any atom is 0.271 e. The smallest absolute Gasteiger partial charge is 0.271 e. The van der Waals surface area contributed by atoms with Gasteiger partial charge in [-0.05, 0) is 17.7 Å². The van der Waals surface area contributed by atoms with Crippen LogP contribution in [0.25, 0.3) is 0 Å². The highest BCUT2D eigenvalue weighted by molar-refractivity contribution is 9.10. The van der Waals surface area contributed by atoms with E-state index in [1.54, 1.807) is 30.3 Å². The summed E-state index contributed by atoms with van der Waals surface area (Å²) < 4.78 is 0.495. The highest BCUT2D eigenvalue weighted by atomic mass is 79.9. The SMILES string of the molecule is O=C(Cc1ccccc1Cl)c1cc(Br)cc([N+](=O)[O-])c1. The zero-order valence-corrected chi connectivity index (χ0v) is 12.5. The van der Waals surface area contributed by atoms with Crippen LogP contribution in [0.1, 0.15) is 15.9 Å². The van der Waals surface area contributed by atoms with Gasteiger partial charge in [-0.1, -0.05) is 45.7 Å². The number of halogens is 2. The Labute approximate surface area is 128 Å². The van der Waals surface area contributed by atoms with Gasteiger partial charge in [0.05, 0.1) is 4.92 Å². The molecule has 102 valence electrons. The molecule has 0 amide bonds. The Morgan fingerprint density at radius 1 is 1.25 bits per heavy atom. The first-order chi connectivity index (χ1) is 9.47. The summed E-state index contributed by atoms with van der Waals surface area (Å²) in [7, 11) is 0. The molecule has 0 bridgehead atoms. The summed E-state index contributed by atoms with van der Waals surface area (Å²) in [6, 6.07) is 11.2. The van der Waals surface area contributed by atoms with Crippen LogP contribution in [-0.2, 0) is 6.42 Å². The number of nitrogens with zero attached hydrogens (tertiary/aromatic N) is 1. The van der Waals surface area contributed by atoms with E-state index in [1.165, 1.54) is 12.1 Å².